The van der Waals surface area contributed by atoms with E-state index in [-0.39, 0.29) is 18.6 Å². The zero-order valence-corrected chi connectivity index (χ0v) is 13.8. The number of likely N-dealkylation sites (N-methyl/N-ethyl adjacent to an activating group) is 1. The third-order valence-electron chi connectivity index (χ3n) is 2.75. The SMILES string of the molecule is CCN(CC(=O)NC(C)C)Cc1ccc(C#CCCO)s1. The van der Waals surface area contributed by atoms with Crippen LogP contribution in [0.2, 0.25) is 0 Å². The van der Waals surface area contributed by atoms with Gasteiger partial charge in [0.05, 0.1) is 18.0 Å². The van der Waals surface area contributed by atoms with E-state index in [1.807, 2.05) is 19.9 Å². The lowest BCUT2D eigenvalue weighted by atomic mass is 10.3. The molecule has 0 unspecified atom stereocenters. The molecule has 1 amide bonds. The summed E-state index contributed by atoms with van der Waals surface area (Å²) in [5, 5.41) is 11.6. The second-order valence-electron chi connectivity index (χ2n) is 5.07. The molecular weight excluding hydrogens is 284 g/mol. The first-order valence-corrected chi connectivity index (χ1v) is 8.07. The van der Waals surface area contributed by atoms with Gasteiger partial charge in [-0.25, -0.2) is 0 Å². The van der Waals surface area contributed by atoms with Crippen molar-refractivity contribution >= 4 is 17.2 Å². The molecule has 1 heterocycles. The van der Waals surface area contributed by atoms with Gasteiger partial charge >= 0.3 is 0 Å². The van der Waals surface area contributed by atoms with Crippen LogP contribution in [0.5, 0.6) is 0 Å². The number of thiophene rings is 1. The van der Waals surface area contributed by atoms with Crippen molar-refractivity contribution in [2.45, 2.75) is 39.8 Å². The lowest BCUT2D eigenvalue weighted by molar-refractivity contribution is -0.122. The summed E-state index contributed by atoms with van der Waals surface area (Å²) in [6, 6.07) is 4.22. The van der Waals surface area contributed by atoms with Crippen LogP contribution in [0.15, 0.2) is 12.1 Å². The molecule has 0 fully saturated rings. The Morgan fingerprint density at radius 3 is 2.86 bits per heavy atom. The molecule has 21 heavy (non-hydrogen) atoms. The Labute approximate surface area is 131 Å². The molecule has 2 N–H and O–H groups in total. The second kappa shape index (κ2) is 9.56. The number of nitrogens with one attached hydrogen (secondary N) is 1. The Kier molecular flexibility index (Phi) is 8.06. The largest absolute Gasteiger partial charge is 0.395 e. The van der Waals surface area contributed by atoms with Gasteiger partial charge in [0.2, 0.25) is 5.91 Å². The summed E-state index contributed by atoms with van der Waals surface area (Å²) in [5.74, 6) is 6.01. The molecule has 1 rings (SSSR count). The smallest absolute Gasteiger partial charge is 0.234 e. The average molecular weight is 308 g/mol. The van der Waals surface area contributed by atoms with Crippen LogP contribution in [0.3, 0.4) is 0 Å². The van der Waals surface area contributed by atoms with Gasteiger partial charge in [0.15, 0.2) is 0 Å². The molecule has 0 aliphatic carbocycles. The summed E-state index contributed by atoms with van der Waals surface area (Å²) in [6.45, 7) is 8.08. The number of carbonyl (C=O) groups excluding carboxylic acids is 1. The van der Waals surface area contributed by atoms with Crippen LogP contribution in [-0.4, -0.2) is 41.7 Å². The highest BCUT2D eigenvalue weighted by Crippen LogP contribution is 2.17. The minimum Gasteiger partial charge on any atom is -0.395 e. The summed E-state index contributed by atoms with van der Waals surface area (Å²) in [4.78, 5) is 16.1. The molecule has 116 valence electrons. The average Bonchev–Trinajstić information content (AvgIpc) is 2.85. The van der Waals surface area contributed by atoms with Crippen LogP contribution in [0, 0.1) is 11.8 Å². The second-order valence-corrected chi connectivity index (χ2v) is 6.24. The van der Waals surface area contributed by atoms with Crippen LogP contribution in [0.25, 0.3) is 0 Å². The molecule has 0 bridgehead atoms. The van der Waals surface area contributed by atoms with Crippen LogP contribution in [-0.2, 0) is 11.3 Å². The van der Waals surface area contributed by atoms with Gasteiger partial charge in [-0.3, -0.25) is 9.69 Å². The van der Waals surface area contributed by atoms with E-state index in [0.717, 1.165) is 18.0 Å². The van der Waals surface area contributed by atoms with Crippen molar-refractivity contribution in [1.29, 1.82) is 0 Å². The third-order valence-corrected chi connectivity index (χ3v) is 3.74. The predicted molar refractivity (Wildman–Crippen MR) is 87.1 cm³/mol. The third kappa shape index (κ3) is 7.28. The van der Waals surface area contributed by atoms with E-state index >= 15 is 0 Å². The van der Waals surface area contributed by atoms with Crippen molar-refractivity contribution in [2.75, 3.05) is 19.7 Å². The number of rotatable bonds is 7. The number of hydrogen-bond acceptors (Lipinski definition) is 4. The molecule has 0 saturated carbocycles. The summed E-state index contributed by atoms with van der Waals surface area (Å²) in [6.07, 6.45) is 0.504. The van der Waals surface area contributed by atoms with Crippen molar-refractivity contribution in [2.24, 2.45) is 0 Å². The van der Waals surface area contributed by atoms with Crippen molar-refractivity contribution in [3.63, 3.8) is 0 Å². The fourth-order valence-corrected chi connectivity index (χ4v) is 2.73. The first kappa shape index (κ1) is 17.7. The van der Waals surface area contributed by atoms with Gasteiger partial charge in [-0.05, 0) is 32.5 Å². The van der Waals surface area contributed by atoms with Crippen molar-refractivity contribution in [3.05, 3.63) is 21.9 Å². The maximum absolute atomic E-state index is 11.8. The molecule has 1 aromatic rings. The van der Waals surface area contributed by atoms with Crippen molar-refractivity contribution < 1.29 is 9.90 Å². The molecule has 4 nitrogen and oxygen atoms in total. The highest BCUT2D eigenvalue weighted by Gasteiger charge is 2.11. The van der Waals surface area contributed by atoms with E-state index in [1.54, 1.807) is 11.3 Å². The van der Waals surface area contributed by atoms with E-state index in [9.17, 15) is 4.79 Å². The monoisotopic (exact) mass is 308 g/mol. The van der Waals surface area contributed by atoms with E-state index in [2.05, 4.69) is 35.0 Å². The summed E-state index contributed by atoms with van der Waals surface area (Å²) < 4.78 is 0. The van der Waals surface area contributed by atoms with Crippen LogP contribution in [0.1, 0.15) is 36.9 Å². The molecule has 1 aromatic heterocycles. The van der Waals surface area contributed by atoms with Gasteiger partial charge in [0, 0.05) is 23.9 Å². The quantitative estimate of drug-likeness (QED) is 0.756. The highest BCUT2D eigenvalue weighted by molar-refractivity contribution is 7.12. The van der Waals surface area contributed by atoms with E-state index in [1.165, 1.54) is 4.88 Å². The maximum atomic E-state index is 11.8. The fourth-order valence-electron chi connectivity index (χ4n) is 1.81. The highest BCUT2D eigenvalue weighted by atomic mass is 32.1. The summed E-state index contributed by atoms with van der Waals surface area (Å²) in [7, 11) is 0. The van der Waals surface area contributed by atoms with Gasteiger partial charge in [-0.2, -0.15) is 0 Å². The number of aliphatic hydroxyl groups excluding tert-OH is 1. The molecule has 0 radical (unpaired) electrons. The van der Waals surface area contributed by atoms with Gasteiger partial charge in [-0.1, -0.05) is 18.8 Å². The van der Waals surface area contributed by atoms with Crippen LogP contribution < -0.4 is 5.32 Å². The minimum absolute atomic E-state index is 0.0615. The van der Waals surface area contributed by atoms with Crippen molar-refractivity contribution in [1.82, 2.24) is 10.2 Å². The van der Waals surface area contributed by atoms with Crippen LogP contribution >= 0.6 is 11.3 Å². The van der Waals surface area contributed by atoms with E-state index < -0.39 is 0 Å². The maximum Gasteiger partial charge on any atom is 0.234 e. The first-order chi connectivity index (χ1) is 10.0. The number of hydrogen-bond donors (Lipinski definition) is 2. The fraction of sp³-hybridized carbons (Fsp3) is 0.562. The summed E-state index contributed by atoms with van der Waals surface area (Å²) in [5.41, 5.74) is 0. The standard InChI is InChI=1S/C16H24N2O2S/c1-4-18(12-16(20)17-13(2)3)11-15-9-8-14(21-15)7-5-6-10-19/h8-9,13,19H,4,6,10-12H2,1-3H3,(H,17,20). The van der Waals surface area contributed by atoms with Gasteiger partial charge in [-0.15, -0.1) is 11.3 Å². The Bertz CT molecular complexity index is 500. The molecule has 0 spiro atoms. The Morgan fingerprint density at radius 2 is 2.24 bits per heavy atom. The number of carbonyl (C=O) groups is 1. The Balaban J connectivity index is 2.54. The molecule has 0 aliphatic heterocycles. The lowest BCUT2D eigenvalue weighted by Gasteiger charge is -2.19. The number of nitrogens with zero attached hydrogens (tertiary/aromatic N) is 1. The zero-order valence-electron chi connectivity index (χ0n) is 13.0. The molecule has 0 saturated heterocycles. The molecule has 0 aliphatic rings. The first-order valence-electron chi connectivity index (χ1n) is 7.25. The lowest BCUT2D eigenvalue weighted by Crippen LogP contribution is -2.39. The normalized spacial score (nSPS) is 10.6. The van der Waals surface area contributed by atoms with Gasteiger partial charge in [0.25, 0.3) is 0 Å². The summed E-state index contributed by atoms with van der Waals surface area (Å²) >= 11 is 1.64. The Morgan fingerprint density at radius 1 is 1.48 bits per heavy atom. The van der Waals surface area contributed by atoms with Crippen LogP contribution in [0.4, 0.5) is 0 Å². The van der Waals surface area contributed by atoms with E-state index in [0.29, 0.717) is 13.0 Å². The van der Waals surface area contributed by atoms with Gasteiger partial charge in [0.1, 0.15) is 0 Å². The van der Waals surface area contributed by atoms with E-state index in [4.69, 9.17) is 5.11 Å². The molecular formula is C16H24N2O2S. The Hall–Kier alpha value is -1.35. The topological polar surface area (TPSA) is 52.6 Å². The molecule has 5 heteroatoms. The minimum atomic E-state index is 0.0615. The molecule has 0 aromatic carbocycles. The van der Waals surface area contributed by atoms with Crippen molar-refractivity contribution in [3.8, 4) is 11.8 Å². The number of aliphatic hydroxyl groups is 1. The zero-order chi connectivity index (χ0) is 15.7. The van der Waals surface area contributed by atoms with Gasteiger partial charge < -0.3 is 10.4 Å². The number of amides is 1. The molecule has 0 atom stereocenters. The predicted octanol–water partition coefficient (Wildman–Crippen LogP) is 1.83.